The third kappa shape index (κ3) is 2.00. The number of methoxy groups -OCH3 is 2. The highest BCUT2D eigenvalue weighted by Crippen LogP contribution is 2.37. The lowest BCUT2D eigenvalue weighted by atomic mass is 10.0. The number of hydrogen-bond acceptors (Lipinski definition) is 3. The molecular formula is C13H11BrO3. The lowest BCUT2D eigenvalue weighted by molar-refractivity contribution is 0.112. The molecule has 0 aliphatic heterocycles. The van der Waals surface area contributed by atoms with Crippen LogP contribution in [0.1, 0.15) is 10.4 Å². The third-order valence-corrected chi connectivity index (χ3v) is 3.10. The van der Waals surface area contributed by atoms with E-state index in [1.165, 1.54) is 7.11 Å². The van der Waals surface area contributed by atoms with Gasteiger partial charge in [-0.05, 0) is 29.0 Å². The summed E-state index contributed by atoms with van der Waals surface area (Å²) in [6, 6.07) is 7.59. The first-order chi connectivity index (χ1) is 8.21. The van der Waals surface area contributed by atoms with Crippen LogP contribution in [0.4, 0.5) is 0 Å². The third-order valence-electron chi connectivity index (χ3n) is 2.60. The first kappa shape index (κ1) is 11.9. The van der Waals surface area contributed by atoms with E-state index >= 15 is 0 Å². The molecule has 88 valence electrons. The zero-order valence-corrected chi connectivity index (χ0v) is 11.1. The number of carbonyl (C=O) groups is 1. The van der Waals surface area contributed by atoms with Crippen molar-refractivity contribution in [2.24, 2.45) is 0 Å². The molecule has 0 saturated heterocycles. The highest BCUT2D eigenvalue weighted by molar-refractivity contribution is 9.10. The highest BCUT2D eigenvalue weighted by Gasteiger charge is 2.14. The first-order valence-electron chi connectivity index (χ1n) is 5.00. The molecule has 0 atom stereocenters. The van der Waals surface area contributed by atoms with E-state index in [-0.39, 0.29) is 0 Å². The summed E-state index contributed by atoms with van der Waals surface area (Å²) < 4.78 is 11.4. The molecule has 0 aromatic heterocycles. The molecule has 0 aliphatic rings. The van der Waals surface area contributed by atoms with Gasteiger partial charge in [-0.3, -0.25) is 4.79 Å². The summed E-state index contributed by atoms with van der Waals surface area (Å²) in [4.78, 5) is 11.2. The Balaban J connectivity index is 2.89. The zero-order valence-electron chi connectivity index (χ0n) is 9.49. The largest absolute Gasteiger partial charge is 0.493 e. The number of benzene rings is 2. The molecule has 4 heteroatoms. The number of fused-ring (bicyclic) bond motifs is 1. The predicted octanol–water partition coefficient (Wildman–Crippen LogP) is 3.43. The Kier molecular flexibility index (Phi) is 3.33. The maximum Gasteiger partial charge on any atom is 0.171 e. The van der Waals surface area contributed by atoms with E-state index in [2.05, 4.69) is 15.9 Å². The molecule has 3 nitrogen and oxygen atoms in total. The van der Waals surface area contributed by atoms with Gasteiger partial charge in [0.15, 0.2) is 17.8 Å². The molecule has 2 aromatic carbocycles. The van der Waals surface area contributed by atoms with Gasteiger partial charge in [-0.2, -0.15) is 0 Å². The Hall–Kier alpha value is -1.55. The van der Waals surface area contributed by atoms with Crippen LogP contribution < -0.4 is 9.47 Å². The van der Waals surface area contributed by atoms with Crippen LogP contribution in [0, 0.1) is 0 Å². The van der Waals surface area contributed by atoms with Crippen molar-refractivity contribution in [3.05, 3.63) is 34.3 Å². The van der Waals surface area contributed by atoms with Gasteiger partial charge in [0, 0.05) is 4.47 Å². The van der Waals surface area contributed by atoms with Crippen molar-refractivity contribution in [2.45, 2.75) is 0 Å². The lowest BCUT2D eigenvalue weighted by Crippen LogP contribution is -1.96. The van der Waals surface area contributed by atoms with Gasteiger partial charge < -0.3 is 9.47 Å². The SMILES string of the molecule is COc1cc2ccc(Br)cc2c(C=O)c1OC. The van der Waals surface area contributed by atoms with Crippen molar-refractivity contribution >= 4 is 33.0 Å². The number of hydrogen-bond donors (Lipinski definition) is 0. The molecule has 0 heterocycles. The first-order valence-corrected chi connectivity index (χ1v) is 5.80. The summed E-state index contributed by atoms with van der Waals surface area (Å²) in [6.07, 6.45) is 0.788. The van der Waals surface area contributed by atoms with E-state index in [4.69, 9.17) is 9.47 Å². The molecule has 0 amide bonds. The van der Waals surface area contributed by atoms with Gasteiger partial charge >= 0.3 is 0 Å². The summed E-state index contributed by atoms with van der Waals surface area (Å²) in [7, 11) is 3.08. The van der Waals surface area contributed by atoms with Gasteiger partial charge in [0.05, 0.1) is 19.8 Å². The number of halogens is 1. The van der Waals surface area contributed by atoms with Crippen molar-refractivity contribution in [2.75, 3.05) is 14.2 Å². The quantitative estimate of drug-likeness (QED) is 0.814. The van der Waals surface area contributed by atoms with Crippen LogP contribution in [0.3, 0.4) is 0 Å². The Morgan fingerprint density at radius 1 is 1.18 bits per heavy atom. The second-order valence-corrected chi connectivity index (χ2v) is 4.42. The molecule has 0 aliphatic carbocycles. The van der Waals surface area contributed by atoms with Crippen molar-refractivity contribution < 1.29 is 14.3 Å². The van der Waals surface area contributed by atoms with Crippen LogP contribution in [0.15, 0.2) is 28.7 Å². The minimum Gasteiger partial charge on any atom is -0.493 e. The van der Waals surface area contributed by atoms with Crippen LogP contribution in [-0.4, -0.2) is 20.5 Å². The van der Waals surface area contributed by atoms with Crippen molar-refractivity contribution in [3.63, 3.8) is 0 Å². The van der Waals surface area contributed by atoms with Crippen LogP contribution in [-0.2, 0) is 0 Å². The fourth-order valence-electron chi connectivity index (χ4n) is 1.83. The Labute approximate surface area is 107 Å². The summed E-state index contributed by atoms with van der Waals surface area (Å²) in [5, 5.41) is 1.78. The summed E-state index contributed by atoms with van der Waals surface area (Å²) in [6.45, 7) is 0. The molecular weight excluding hydrogens is 284 g/mol. The molecule has 0 N–H and O–H groups in total. The average molecular weight is 295 g/mol. The van der Waals surface area contributed by atoms with Gasteiger partial charge in [0.2, 0.25) is 0 Å². The molecule has 0 unspecified atom stereocenters. The Bertz CT molecular complexity index is 578. The summed E-state index contributed by atoms with van der Waals surface area (Å²) >= 11 is 3.39. The molecule has 0 fully saturated rings. The minimum absolute atomic E-state index is 0.466. The average Bonchev–Trinajstić information content (AvgIpc) is 2.36. The molecule has 17 heavy (non-hydrogen) atoms. The van der Waals surface area contributed by atoms with Crippen LogP contribution >= 0.6 is 15.9 Å². The molecule has 0 bridgehead atoms. The topological polar surface area (TPSA) is 35.5 Å². The zero-order chi connectivity index (χ0) is 12.4. The van der Waals surface area contributed by atoms with Gasteiger partial charge in [-0.25, -0.2) is 0 Å². The predicted molar refractivity (Wildman–Crippen MR) is 70.1 cm³/mol. The van der Waals surface area contributed by atoms with Gasteiger partial charge in [0.1, 0.15) is 0 Å². The highest BCUT2D eigenvalue weighted by atomic mass is 79.9. The van der Waals surface area contributed by atoms with Gasteiger partial charge in [-0.1, -0.05) is 22.0 Å². The van der Waals surface area contributed by atoms with E-state index in [0.717, 1.165) is 21.5 Å². The van der Waals surface area contributed by atoms with E-state index in [1.54, 1.807) is 7.11 Å². The maximum atomic E-state index is 11.2. The van der Waals surface area contributed by atoms with E-state index in [1.807, 2.05) is 24.3 Å². The fraction of sp³-hybridized carbons (Fsp3) is 0.154. The lowest BCUT2D eigenvalue weighted by Gasteiger charge is -2.12. The molecule has 0 saturated carbocycles. The summed E-state index contributed by atoms with van der Waals surface area (Å²) in [5.41, 5.74) is 0.503. The number of rotatable bonds is 3. The van der Waals surface area contributed by atoms with Crippen LogP contribution in [0.25, 0.3) is 10.8 Å². The van der Waals surface area contributed by atoms with Crippen LogP contribution in [0.5, 0.6) is 11.5 Å². The van der Waals surface area contributed by atoms with E-state index < -0.39 is 0 Å². The second-order valence-electron chi connectivity index (χ2n) is 3.51. The number of carbonyl (C=O) groups excluding carboxylic acids is 1. The van der Waals surface area contributed by atoms with Gasteiger partial charge in [0.25, 0.3) is 0 Å². The van der Waals surface area contributed by atoms with Crippen molar-refractivity contribution in [3.8, 4) is 11.5 Å². The Morgan fingerprint density at radius 2 is 1.94 bits per heavy atom. The van der Waals surface area contributed by atoms with Gasteiger partial charge in [-0.15, -0.1) is 0 Å². The van der Waals surface area contributed by atoms with Crippen molar-refractivity contribution in [1.82, 2.24) is 0 Å². The standard InChI is InChI=1S/C13H11BrO3/c1-16-12-5-8-3-4-9(14)6-10(8)11(7-15)13(12)17-2/h3-7H,1-2H3. The van der Waals surface area contributed by atoms with E-state index in [9.17, 15) is 4.79 Å². The van der Waals surface area contributed by atoms with Crippen LogP contribution in [0.2, 0.25) is 0 Å². The van der Waals surface area contributed by atoms with E-state index in [0.29, 0.717) is 17.1 Å². The molecule has 0 spiro atoms. The van der Waals surface area contributed by atoms with Crippen molar-refractivity contribution in [1.29, 1.82) is 0 Å². The molecule has 0 radical (unpaired) electrons. The Morgan fingerprint density at radius 3 is 2.53 bits per heavy atom. The molecule has 2 rings (SSSR count). The monoisotopic (exact) mass is 294 g/mol. The maximum absolute atomic E-state index is 11.2. The minimum atomic E-state index is 0.466. The summed E-state index contributed by atoms with van der Waals surface area (Å²) in [5.74, 6) is 1.03. The molecule has 2 aromatic rings. The smallest absolute Gasteiger partial charge is 0.171 e. The number of aldehydes is 1. The number of ether oxygens (including phenoxy) is 2. The normalized spacial score (nSPS) is 10.3. The second kappa shape index (κ2) is 4.75. The fourth-order valence-corrected chi connectivity index (χ4v) is 2.19.